The van der Waals surface area contributed by atoms with Crippen molar-refractivity contribution in [1.29, 1.82) is 0 Å². The predicted molar refractivity (Wildman–Crippen MR) is 128 cm³/mol. The SMILES string of the molecule is CC[C@H](C)NC(=O)[C@@H](C)N(Cc1ccc(Br)cc1)C(=O)CCCOc1ccc(Cl)cc1. The Morgan fingerprint density at radius 1 is 1.10 bits per heavy atom. The highest BCUT2D eigenvalue weighted by atomic mass is 79.9. The molecule has 0 bridgehead atoms. The van der Waals surface area contributed by atoms with Crippen LogP contribution in [-0.2, 0) is 16.1 Å². The minimum atomic E-state index is -0.567. The first-order valence-corrected chi connectivity index (χ1v) is 11.7. The Bertz CT molecular complexity index is 843. The number of benzene rings is 2. The zero-order valence-electron chi connectivity index (χ0n) is 18.2. The summed E-state index contributed by atoms with van der Waals surface area (Å²) in [5.41, 5.74) is 0.970. The van der Waals surface area contributed by atoms with E-state index in [9.17, 15) is 9.59 Å². The van der Waals surface area contributed by atoms with Crippen molar-refractivity contribution in [2.24, 2.45) is 0 Å². The lowest BCUT2D eigenvalue weighted by Crippen LogP contribution is -2.49. The molecule has 0 fully saturated rings. The van der Waals surface area contributed by atoms with E-state index in [1.165, 1.54) is 0 Å². The molecular formula is C24H30BrClN2O3. The molecule has 0 spiro atoms. The van der Waals surface area contributed by atoms with Crippen LogP contribution in [0.3, 0.4) is 0 Å². The Labute approximate surface area is 198 Å². The highest BCUT2D eigenvalue weighted by molar-refractivity contribution is 9.10. The quantitative estimate of drug-likeness (QED) is 0.402. The molecule has 31 heavy (non-hydrogen) atoms. The van der Waals surface area contributed by atoms with Gasteiger partial charge in [-0.05, 0) is 68.7 Å². The number of nitrogens with zero attached hydrogens (tertiary/aromatic N) is 1. The minimum Gasteiger partial charge on any atom is -0.494 e. The van der Waals surface area contributed by atoms with Gasteiger partial charge >= 0.3 is 0 Å². The van der Waals surface area contributed by atoms with Gasteiger partial charge in [-0.15, -0.1) is 0 Å². The number of nitrogens with one attached hydrogen (secondary N) is 1. The first kappa shape index (κ1) is 25.2. The van der Waals surface area contributed by atoms with Gasteiger partial charge in [-0.1, -0.05) is 46.6 Å². The summed E-state index contributed by atoms with van der Waals surface area (Å²) in [4.78, 5) is 27.4. The third-order valence-electron chi connectivity index (χ3n) is 5.05. The second kappa shape index (κ2) is 12.7. The van der Waals surface area contributed by atoms with Crippen LogP contribution in [0.4, 0.5) is 0 Å². The Hall–Kier alpha value is -2.05. The molecule has 0 aliphatic carbocycles. The summed E-state index contributed by atoms with van der Waals surface area (Å²) in [7, 11) is 0. The van der Waals surface area contributed by atoms with Crippen molar-refractivity contribution >= 4 is 39.3 Å². The van der Waals surface area contributed by atoms with Crippen molar-refractivity contribution in [3.8, 4) is 5.75 Å². The number of rotatable bonds is 11. The number of carbonyl (C=O) groups excluding carboxylic acids is 2. The molecule has 0 aliphatic rings. The Morgan fingerprint density at radius 3 is 2.35 bits per heavy atom. The minimum absolute atomic E-state index is 0.0624. The van der Waals surface area contributed by atoms with Gasteiger partial charge in [-0.2, -0.15) is 0 Å². The maximum atomic E-state index is 13.0. The van der Waals surface area contributed by atoms with Crippen molar-refractivity contribution in [3.05, 3.63) is 63.6 Å². The van der Waals surface area contributed by atoms with Crippen LogP contribution in [0.1, 0.15) is 45.6 Å². The highest BCUT2D eigenvalue weighted by Crippen LogP contribution is 2.17. The number of ether oxygens (including phenoxy) is 1. The molecule has 168 valence electrons. The van der Waals surface area contributed by atoms with Crippen LogP contribution in [0, 0.1) is 0 Å². The molecule has 2 rings (SSSR count). The number of halogens is 2. The second-order valence-corrected chi connectivity index (χ2v) is 8.90. The van der Waals surface area contributed by atoms with Gasteiger partial charge in [-0.3, -0.25) is 9.59 Å². The van der Waals surface area contributed by atoms with Gasteiger partial charge in [0.15, 0.2) is 0 Å². The zero-order valence-corrected chi connectivity index (χ0v) is 20.6. The summed E-state index contributed by atoms with van der Waals surface area (Å²) in [5.74, 6) is 0.497. The average molecular weight is 510 g/mol. The topological polar surface area (TPSA) is 58.6 Å². The maximum absolute atomic E-state index is 13.0. The fourth-order valence-electron chi connectivity index (χ4n) is 2.92. The molecule has 2 atom stereocenters. The van der Waals surface area contributed by atoms with E-state index in [1.807, 2.05) is 38.1 Å². The fraction of sp³-hybridized carbons (Fsp3) is 0.417. The lowest BCUT2D eigenvalue weighted by Gasteiger charge is -2.29. The summed E-state index contributed by atoms with van der Waals surface area (Å²) < 4.78 is 6.65. The van der Waals surface area contributed by atoms with E-state index in [1.54, 1.807) is 36.1 Å². The Balaban J connectivity index is 1.99. The molecule has 1 N–H and O–H groups in total. The molecule has 2 amide bonds. The van der Waals surface area contributed by atoms with Gasteiger partial charge in [0.2, 0.25) is 11.8 Å². The smallest absolute Gasteiger partial charge is 0.242 e. The summed E-state index contributed by atoms with van der Waals surface area (Å²) in [6.45, 7) is 6.53. The van der Waals surface area contributed by atoms with Crippen LogP contribution in [-0.4, -0.2) is 35.4 Å². The van der Waals surface area contributed by atoms with Crippen LogP contribution in [0.15, 0.2) is 53.0 Å². The number of amides is 2. The number of carbonyl (C=O) groups is 2. The van der Waals surface area contributed by atoms with Gasteiger partial charge in [0.05, 0.1) is 6.61 Å². The summed E-state index contributed by atoms with van der Waals surface area (Å²) in [5, 5.41) is 3.63. The Kier molecular flexibility index (Phi) is 10.3. The average Bonchev–Trinajstić information content (AvgIpc) is 2.76. The molecule has 0 heterocycles. The fourth-order valence-corrected chi connectivity index (χ4v) is 3.31. The van der Waals surface area contributed by atoms with Crippen LogP contribution in [0.2, 0.25) is 5.02 Å². The van der Waals surface area contributed by atoms with Gasteiger partial charge < -0.3 is 15.0 Å². The molecule has 0 saturated carbocycles. The molecule has 5 nitrogen and oxygen atoms in total. The van der Waals surface area contributed by atoms with Crippen molar-refractivity contribution in [2.75, 3.05) is 6.61 Å². The molecule has 2 aromatic rings. The molecule has 2 aromatic carbocycles. The molecule has 0 aromatic heterocycles. The summed E-state index contributed by atoms with van der Waals surface area (Å²) in [6, 6.07) is 14.4. The third kappa shape index (κ3) is 8.54. The lowest BCUT2D eigenvalue weighted by atomic mass is 10.1. The molecule has 7 heteroatoms. The summed E-state index contributed by atoms with van der Waals surface area (Å²) >= 11 is 9.31. The predicted octanol–water partition coefficient (Wildman–Crippen LogP) is 5.59. The van der Waals surface area contributed by atoms with E-state index < -0.39 is 6.04 Å². The lowest BCUT2D eigenvalue weighted by molar-refractivity contribution is -0.141. The Morgan fingerprint density at radius 2 is 1.74 bits per heavy atom. The first-order valence-electron chi connectivity index (χ1n) is 10.5. The van der Waals surface area contributed by atoms with E-state index >= 15 is 0 Å². The van der Waals surface area contributed by atoms with Crippen LogP contribution in [0.5, 0.6) is 5.75 Å². The number of hydrogen-bond donors (Lipinski definition) is 1. The normalized spacial score (nSPS) is 12.7. The first-order chi connectivity index (χ1) is 14.8. The van der Waals surface area contributed by atoms with Crippen molar-refractivity contribution < 1.29 is 14.3 Å². The van der Waals surface area contributed by atoms with E-state index in [4.69, 9.17) is 16.3 Å². The monoisotopic (exact) mass is 508 g/mol. The van der Waals surface area contributed by atoms with E-state index in [2.05, 4.69) is 21.2 Å². The summed E-state index contributed by atoms with van der Waals surface area (Å²) in [6.07, 6.45) is 1.68. The number of hydrogen-bond acceptors (Lipinski definition) is 3. The van der Waals surface area contributed by atoms with Gasteiger partial charge in [0, 0.05) is 28.5 Å². The highest BCUT2D eigenvalue weighted by Gasteiger charge is 2.26. The van der Waals surface area contributed by atoms with Crippen molar-refractivity contribution in [2.45, 2.75) is 58.7 Å². The van der Waals surface area contributed by atoms with E-state index in [0.29, 0.717) is 36.8 Å². The van der Waals surface area contributed by atoms with Crippen LogP contribution < -0.4 is 10.1 Å². The van der Waals surface area contributed by atoms with E-state index in [-0.39, 0.29) is 17.9 Å². The van der Waals surface area contributed by atoms with Gasteiger partial charge in [-0.25, -0.2) is 0 Å². The zero-order chi connectivity index (χ0) is 22.8. The maximum Gasteiger partial charge on any atom is 0.242 e. The van der Waals surface area contributed by atoms with Gasteiger partial charge in [0.1, 0.15) is 11.8 Å². The van der Waals surface area contributed by atoms with Crippen molar-refractivity contribution in [3.63, 3.8) is 0 Å². The van der Waals surface area contributed by atoms with Crippen molar-refractivity contribution in [1.82, 2.24) is 10.2 Å². The molecular weight excluding hydrogens is 480 g/mol. The molecule has 0 radical (unpaired) electrons. The molecule has 0 saturated heterocycles. The molecule has 0 aliphatic heterocycles. The van der Waals surface area contributed by atoms with Crippen LogP contribution in [0.25, 0.3) is 0 Å². The van der Waals surface area contributed by atoms with Gasteiger partial charge in [0.25, 0.3) is 0 Å². The second-order valence-electron chi connectivity index (χ2n) is 7.55. The van der Waals surface area contributed by atoms with E-state index in [0.717, 1.165) is 16.5 Å². The standard InChI is InChI=1S/C24H30BrClN2O3/c1-4-17(2)27-24(30)18(3)28(16-19-7-9-20(25)10-8-19)23(29)6-5-15-31-22-13-11-21(26)12-14-22/h7-14,17-18H,4-6,15-16H2,1-3H3,(H,27,30)/t17-,18+/m0/s1. The van der Waals surface area contributed by atoms with Crippen LogP contribution >= 0.6 is 27.5 Å². The molecule has 0 unspecified atom stereocenters. The largest absolute Gasteiger partial charge is 0.494 e. The third-order valence-corrected chi connectivity index (χ3v) is 5.83.